The van der Waals surface area contributed by atoms with E-state index in [1.54, 1.807) is 0 Å². The number of hydrogen-bond acceptors (Lipinski definition) is 3. The molecule has 0 amide bonds. The summed E-state index contributed by atoms with van der Waals surface area (Å²) in [6.45, 7) is 4.85. The van der Waals surface area contributed by atoms with E-state index >= 15 is 0 Å². The Kier molecular flexibility index (Phi) is 6.06. The lowest BCUT2D eigenvalue weighted by atomic mass is 9.93. The van der Waals surface area contributed by atoms with Crippen LogP contribution in [0.15, 0.2) is 29.2 Å². The first-order valence-corrected chi connectivity index (χ1v) is 8.44. The standard InChI is InChI=1S/C14H21F3N2O3S/c1-13(2,10-19(3)4)9-18-23(20,21)12-7-5-11(6-8-12)22-14(15,16)17/h5-8,18H,9-10H2,1-4H3/p+1. The molecule has 23 heavy (non-hydrogen) atoms. The van der Waals surface area contributed by atoms with Crippen LogP contribution in [0.4, 0.5) is 13.2 Å². The minimum Gasteiger partial charge on any atom is -0.406 e. The molecule has 1 rings (SSSR count). The van der Waals surface area contributed by atoms with Crippen molar-refractivity contribution in [2.45, 2.75) is 25.1 Å². The normalized spacial score (nSPS) is 13.4. The Labute approximate surface area is 134 Å². The van der Waals surface area contributed by atoms with Gasteiger partial charge in [-0.25, -0.2) is 13.1 Å². The fourth-order valence-corrected chi connectivity index (χ4v) is 3.46. The molecule has 0 spiro atoms. The molecule has 0 bridgehead atoms. The zero-order valence-corrected chi connectivity index (χ0v) is 14.3. The lowest BCUT2D eigenvalue weighted by Gasteiger charge is -2.26. The smallest absolute Gasteiger partial charge is 0.406 e. The van der Waals surface area contributed by atoms with Gasteiger partial charge in [0.05, 0.1) is 25.5 Å². The molecule has 0 heterocycles. The van der Waals surface area contributed by atoms with Crippen molar-refractivity contribution in [3.05, 3.63) is 24.3 Å². The molecular formula is C14H22F3N2O3S+. The average Bonchev–Trinajstić information content (AvgIpc) is 2.34. The van der Waals surface area contributed by atoms with Crippen molar-refractivity contribution in [3.8, 4) is 5.75 Å². The van der Waals surface area contributed by atoms with Gasteiger partial charge in [-0.15, -0.1) is 13.2 Å². The third-order valence-corrected chi connectivity index (χ3v) is 4.36. The van der Waals surface area contributed by atoms with E-state index in [0.717, 1.165) is 30.8 Å². The second-order valence-corrected chi connectivity index (χ2v) is 8.16. The van der Waals surface area contributed by atoms with Crippen molar-refractivity contribution in [1.82, 2.24) is 4.72 Å². The van der Waals surface area contributed by atoms with Crippen LogP contribution in [0.2, 0.25) is 0 Å². The molecule has 0 unspecified atom stereocenters. The monoisotopic (exact) mass is 355 g/mol. The Bertz CT molecular complexity index is 611. The maximum Gasteiger partial charge on any atom is 0.573 e. The van der Waals surface area contributed by atoms with Gasteiger partial charge >= 0.3 is 6.36 Å². The molecule has 0 fully saturated rings. The molecule has 1 aromatic rings. The van der Waals surface area contributed by atoms with Gasteiger partial charge in [-0.1, -0.05) is 13.8 Å². The second-order valence-electron chi connectivity index (χ2n) is 6.39. The van der Waals surface area contributed by atoms with Gasteiger partial charge in [0.25, 0.3) is 0 Å². The number of benzene rings is 1. The molecular weight excluding hydrogens is 333 g/mol. The van der Waals surface area contributed by atoms with E-state index in [1.165, 1.54) is 4.90 Å². The molecule has 9 heteroatoms. The number of quaternary nitrogens is 1. The van der Waals surface area contributed by atoms with Crippen molar-refractivity contribution >= 4 is 10.0 Å². The number of nitrogens with one attached hydrogen (secondary N) is 2. The maximum atomic E-state index is 12.2. The summed E-state index contributed by atoms with van der Waals surface area (Å²) in [6, 6.07) is 4.09. The lowest BCUT2D eigenvalue weighted by molar-refractivity contribution is -0.865. The summed E-state index contributed by atoms with van der Waals surface area (Å²) in [7, 11) is 0.150. The van der Waals surface area contributed by atoms with E-state index in [2.05, 4.69) is 9.46 Å². The summed E-state index contributed by atoms with van der Waals surface area (Å²) in [5, 5.41) is 0. The highest BCUT2D eigenvalue weighted by Crippen LogP contribution is 2.24. The summed E-state index contributed by atoms with van der Waals surface area (Å²) in [4.78, 5) is 1.07. The van der Waals surface area contributed by atoms with Crippen molar-refractivity contribution in [1.29, 1.82) is 0 Å². The molecule has 1 aromatic carbocycles. The van der Waals surface area contributed by atoms with E-state index < -0.39 is 22.1 Å². The van der Waals surface area contributed by atoms with Gasteiger partial charge in [0, 0.05) is 12.0 Å². The summed E-state index contributed by atoms with van der Waals surface area (Å²) in [5.41, 5.74) is -0.259. The molecule has 0 aromatic heterocycles. The van der Waals surface area contributed by atoms with Crippen molar-refractivity contribution in [2.24, 2.45) is 5.41 Å². The number of sulfonamides is 1. The fraction of sp³-hybridized carbons (Fsp3) is 0.571. The Balaban J connectivity index is 2.77. The highest BCUT2D eigenvalue weighted by molar-refractivity contribution is 7.89. The zero-order valence-electron chi connectivity index (χ0n) is 13.5. The molecule has 2 N–H and O–H groups in total. The Morgan fingerprint density at radius 2 is 1.65 bits per heavy atom. The molecule has 0 aliphatic rings. The van der Waals surface area contributed by atoms with Crippen LogP contribution in [0.5, 0.6) is 5.75 Å². The lowest BCUT2D eigenvalue weighted by Crippen LogP contribution is -3.07. The first kappa shape index (κ1) is 19.7. The van der Waals surface area contributed by atoms with Gasteiger partial charge < -0.3 is 9.64 Å². The first-order valence-electron chi connectivity index (χ1n) is 6.95. The van der Waals surface area contributed by atoms with Gasteiger partial charge in [-0.2, -0.15) is 0 Å². The summed E-state index contributed by atoms with van der Waals surface area (Å²) < 4.78 is 66.8. The first-order chi connectivity index (χ1) is 10.3. The Morgan fingerprint density at radius 3 is 2.09 bits per heavy atom. The quantitative estimate of drug-likeness (QED) is 0.768. The van der Waals surface area contributed by atoms with E-state index in [9.17, 15) is 21.6 Å². The highest BCUT2D eigenvalue weighted by atomic mass is 32.2. The summed E-state index contributed by atoms with van der Waals surface area (Å²) in [6.07, 6.45) is -4.81. The molecule has 0 radical (unpaired) electrons. The maximum absolute atomic E-state index is 12.2. The van der Waals surface area contributed by atoms with Crippen molar-refractivity contribution in [3.63, 3.8) is 0 Å². The third kappa shape index (κ3) is 7.19. The van der Waals surface area contributed by atoms with E-state index in [-0.39, 0.29) is 16.9 Å². The minimum atomic E-state index is -4.81. The topological polar surface area (TPSA) is 59.8 Å². The number of halogens is 3. The van der Waals surface area contributed by atoms with Gasteiger partial charge in [0.1, 0.15) is 5.75 Å². The van der Waals surface area contributed by atoms with E-state index in [1.807, 2.05) is 27.9 Å². The van der Waals surface area contributed by atoms with Crippen LogP contribution in [0.1, 0.15) is 13.8 Å². The fourth-order valence-electron chi connectivity index (χ4n) is 2.21. The SMILES string of the molecule is C[NH+](C)CC(C)(C)CNS(=O)(=O)c1ccc(OC(F)(F)F)cc1. The van der Waals surface area contributed by atoms with Crippen LogP contribution in [-0.2, 0) is 10.0 Å². The van der Waals surface area contributed by atoms with Crippen molar-refractivity contribution < 1.29 is 31.2 Å². The van der Waals surface area contributed by atoms with Gasteiger partial charge in [-0.3, -0.25) is 0 Å². The third-order valence-electron chi connectivity index (χ3n) is 2.94. The number of hydrogen-bond donors (Lipinski definition) is 2. The molecule has 0 saturated carbocycles. The number of ether oxygens (including phenoxy) is 1. The number of alkyl halides is 3. The largest absolute Gasteiger partial charge is 0.573 e. The predicted octanol–water partition coefficient (Wildman–Crippen LogP) is 1.03. The summed E-state index contributed by atoms with van der Waals surface area (Å²) >= 11 is 0. The average molecular weight is 355 g/mol. The predicted molar refractivity (Wildman–Crippen MR) is 79.8 cm³/mol. The van der Waals surface area contributed by atoms with Crippen LogP contribution in [0, 0.1) is 5.41 Å². The molecule has 0 aliphatic heterocycles. The van der Waals surface area contributed by atoms with Crippen molar-refractivity contribution in [2.75, 3.05) is 27.2 Å². The van der Waals surface area contributed by atoms with Crippen LogP contribution < -0.4 is 14.4 Å². The van der Waals surface area contributed by atoms with E-state index in [4.69, 9.17) is 0 Å². The van der Waals surface area contributed by atoms with Gasteiger partial charge in [0.15, 0.2) is 0 Å². The summed E-state index contributed by atoms with van der Waals surface area (Å²) in [5.74, 6) is -0.465. The Hall–Kier alpha value is -1.32. The molecule has 0 atom stereocenters. The molecule has 0 aliphatic carbocycles. The highest BCUT2D eigenvalue weighted by Gasteiger charge is 2.31. The Morgan fingerprint density at radius 1 is 1.13 bits per heavy atom. The van der Waals surface area contributed by atoms with Crippen LogP contribution in [0.25, 0.3) is 0 Å². The number of rotatable bonds is 7. The second kappa shape index (κ2) is 7.06. The van der Waals surface area contributed by atoms with E-state index in [0.29, 0.717) is 0 Å². The van der Waals surface area contributed by atoms with Crippen LogP contribution in [0.3, 0.4) is 0 Å². The molecule has 5 nitrogen and oxygen atoms in total. The molecule has 0 saturated heterocycles. The van der Waals surface area contributed by atoms with Gasteiger partial charge in [-0.05, 0) is 24.3 Å². The zero-order chi connectivity index (χ0) is 17.9. The molecule has 132 valence electrons. The van der Waals surface area contributed by atoms with Crippen LogP contribution in [-0.4, -0.2) is 42.0 Å². The minimum absolute atomic E-state index is 0.111. The van der Waals surface area contributed by atoms with Gasteiger partial charge in [0.2, 0.25) is 10.0 Å². The van der Waals surface area contributed by atoms with Crippen LogP contribution >= 0.6 is 0 Å².